The highest BCUT2D eigenvalue weighted by Crippen LogP contribution is 2.09. The molecule has 0 bridgehead atoms. The van der Waals surface area contributed by atoms with Gasteiger partial charge in [0.1, 0.15) is 0 Å². The van der Waals surface area contributed by atoms with E-state index in [1.165, 1.54) is 42.6 Å². The molecular weight excluding hydrogens is 254 g/mol. The first kappa shape index (κ1) is 16.5. The zero-order chi connectivity index (χ0) is 13.8. The highest BCUT2D eigenvalue weighted by Gasteiger charge is 2.00. The Balaban J connectivity index is 2.12. The molecule has 0 aliphatic heterocycles. The van der Waals surface area contributed by atoms with E-state index in [1.807, 2.05) is 11.8 Å². The number of rotatable bonds is 11. The van der Waals surface area contributed by atoms with Crippen LogP contribution in [0.2, 0.25) is 0 Å². The second kappa shape index (κ2) is 11.3. The molecule has 19 heavy (non-hydrogen) atoms. The predicted molar refractivity (Wildman–Crippen MR) is 85.7 cm³/mol. The van der Waals surface area contributed by atoms with Crippen molar-refractivity contribution in [2.45, 2.75) is 38.8 Å². The second-order valence-electron chi connectivity index (χ2n) is 4.79. The van der Waals surface area contributed by atoms with Gasteiger partial charge in [0, 0.05) is 13.7 Å². The van der Waals surface area contributed by atoms with Crippen molar-refractivity contribution in [2.24, 2.45) is 0 Å². The number of nitrogens with one attached hydrogen (secondary N) is 1. The molecule has 0 heterocycles. The average Bonchev–Trinajstić information content (AvgIpc) is 2.44. The SMILES string of the molecule is COCc1ccccc1CNCCCCCCSC. The standard InChI is InChI=1S/C16H27NOS/c1-18-14-16-10-6-5-9-15(16)13-17-11-7-3-4-8-12-19-2/h5-6,9-10,17H,3-4,7-8,11-14H2,1-2H3. The molecule has 0 fully saturated rings. The van der Waals surface area contributed by atoms with Crippen LogP contribution in [0.25, 0.3) is 0 Å². The Bertz CT molecular complexity index is 330. The summed E-state index contributed by atoms with van der Waals surface area (Å²) in [6, 6.07) is 8.49. The number of thioether (sulfide) groups is 1. The van der Waals surface area contributed by atoms with E-state index >= 15 is 0 Å². The highest BCUT2D eigenvalue weighted by atomic mass is 32.2. The lowest BCUT2D eigenvalue weighted by Gasteiger charge is -2.10. The molecule has 0 aliphatic carbocycles. The Morgan fingerprint density at radius 3 is 2.53 bits per heavy atom. The summed E-state index contributed by atoms with van der Waals surface area (Å²) in [4.78, 5) is 0. The molecule has 0 spiro atoms. The van der Waals surface area contributed by atoms with Crippen molar-refractivity contribution in [1.82, 2.24) is 5.32 Å². The Kier molecular flexibility index (Phi) is 9.86. The van der Waals surface area contributed by atoms with E-state index < -0.39 is 0 Å². The molecule has 0 saturated carbocycles. The van der Waals surface area contributed by atoms with Crippen LogP contribution >= 0.6 is 11.8 Å². The van der Waals surface area contributed by atoms with Gasteiger partial charge in [0.25, 0.3) is 0 Å². The largest absolute Gasteiger partial charge is 0.380 e. The van der Waals surface area contributed by atoms with Crippen molar-refractivity contribution >= 4 is 11.8 Å². The molecule has 3 heteroatoms. The van der Waals surface area contributed by atoms with Crippen molar-refractivity contribution in [1.29, 1.82) is 0 Å². The third-order valence-electron chi connectivity index (χ3n) is 3.19. The summed E-state index contributed by atoms with van der Waals surface area (Å²) >= 11 is 1.95. The van der Waals surface area contributed by atoms with Gasteiger partial charge in [0.05, 0.1) is 6.61 Å². The second-order valence-corrected chi connectivity index (χ2v) is 5.77. The smallest absolute Gasteiger partial charge is 0.0716 e. The fourth-order valence-electron chi connectivity index (χ4n) is 2.10. The molecule has 108 valence electrons. The van der Waals surface area contributed by atoms with Gasteiger partial charge in [-0.1, -0.05) is 37.1 Å². The summed E-state index contributed by atoms with van der Waals surface area (Å²) in [5.74, 6) is 1.30. The molecule has 2 nitrogen and oxygen atoms in total. The molecule has 0 aliphatic rings. The first-order chi connectivity index (χ1) is 9.38. The van der Waals surface area contributed by atoms with E-state index in [9.17, 15) is 0 Å². The first-order valence-electron chi connectivity index (χ1n) is 7.14. The normalized spacial score (nSPS) is 10.8. The molecule has 1 N–H and O–H groups in total. The van der Waals surface area contributed by atoms with Gasteiger partial charge >= 0.3 is 0 Å². The van der Waals surface area contributed by atoms with Crippen LogP contribution in [0, 0.1) is 0 Å². The monoisotopic (exact) mass is 281 g/mol. The molecule has 0 aromatic heterocycles. The molecule has 0 radical (unpaired) electrons. The topological polar surface area (TPSA) is 21.3 Å². The Hall–Kier alpha value is -0.510. The maximum absolute atomic E-state index is 5.22. The Morgan fingerprint density at radius 1 is 1.05 bits per heavy atom. The van der Waals surface area contributed by atoms with E-state index in [4.69, 9.17) is 4.74 Å². The van der Waals surface area contributed by atoms with Crippen LogP contribution < -0.4 is 5.32 Å². The maximum atomic E-state index is 5.22. The Morgan fingerprint density at radius 2 is 1.79 bits per heavy atom. The van der Waals surface area contributed by atoms with Gasteiger partial charge in [-0.05, 0) is 42.5 Å². The number of hydrogen-bond donors (Lipinski definition) is 1. The van der Waals surface area contributed by atoms with Crippen LogP contribution in [0.3, 0.4) is 0 Å². The lowest BCUT2D eigenvalue weighted by Crippen LogP contribution is -2.16. The summed E-state index contributed by atoms with van der Waals surface area (Å²) in [5, 5.41) is 3.53. The zero-order valence-electron chi connectivity index (χ0n) is 12.3. The molecule has 0 saturated heterocycles. The van der Waals surface area contributed by atoms with Gasteiger partial charge in [0.2, 0.25) is 0 Å². The van der Waals surface area contributed by atoms with Gasteiger partial charge in [0.15, 0.2) is 0 Å². The first-order valence-corrected chi connectivity index (χ1v) is 8.53. The lowest BCUT2D eigenvalue weighted by atomic mass is 10.1. The summed E-state index contributed by atoms with van der Waals surface area (Å²) in [6.07, 6.45) is 7.52. The van der Waals surface area contributed by atoms with Crippen LogP contribution in [0.15, 0.2) is 24.3 Å². The average molecular weight is 281 g/mol. The Labute approximate surface area is 122 Å². The fourth-order valence-corrected chi connectivity index (χ4v) is 2.59. The van der Waals surface area contributed by atoms with Crippen LogP contribution in [0.4, 0.5) is 0 Å². The van der Waals surface area contributed by atoms with Gasteiger partial charge < -0.3 is 10.1 Å². The van der Waals surface area contributed by atoms with Crippen molar-refractivity contribution in [2.75, 3.05) is 25.7 Å². The number of methoxy groups -OCH3 is 1. The lowest BCUT2D eigenvalue weighted by molar-refractivity contribution is 0.184. The van der Waals surface area contributed by atoms with Crippen molar-refractivity contribution in [3.8, 4) is 0 Å². The summed E-state index contributed by atoms with van der Waals surface area (Å²) in [5.41, 5.74) is 2.64. The quantitative estimate of drug-likeness (QED) is 0.623. The third-order valence-corrected chi connectivity index (χ3v) is 3.88. The van der Waals surface area contributed by atoms with Crippen molar-refractivity contribution in [3.05, 3.63) is 35.4 Å². The minimum absolute atomic E-state index is 0.701. The minimum atomic E-state index is 0.701. The van der Waals surface area contributed by atoms with E-state index in [0.29, 0.717) is 6.61 Å². The van der Waals surface area contributed by atoms with Crippen molar-refractivity contribution in [3.63, 3.8) is 0 Å². The van der Waals surface area contributed by atoms with Gasteiger partial charge in [-0.3, -0.25) is 0 Å². The summed E-state index contributed by atoms with van der Waals surface area (Å²) in [7, 11) is 1.75. The van der Waals surface area contributed by atoms with Crippen molar-refractivity contribution < 1.29 is 4.74 Å². The van der Waals surface area contributed by atoms with Gasteiger partial charge in [-0.15, -0.1) is 0 Å². The number of unbranched alkanes of at least 4 members (excludes halogenated alkanes) is 3. The van der Waals surface area contributed by atoms with Crippen LogP contribution in [0.1, 0.15) is 36.8 Å². The van der Waals surface area contributed by atoms with Gasteiger partial charge in [-0.2, -0.15) is 11.8 Å². The number of ether oxygens (including phenoxy) is 1. The van der Waals surface area contributed by atoms with Gasteiger partial charge in [-0.25, -0.2) is 0 Å². The van der Waals surface area contributed by atoms with Crippen LogP contribution in [0.5, 0.6) is 0 Å². The molecule has 0 atom stereocenters. The van der Waals surface area contributed by atoms with Crippen LogP contribution in [-0.2, 0) is 17.9 Å². The third kappa shape index (κ3) is 7.61. The minimum Gasteiger partial charge on any atom is -0.380 e. The highest BCUT2D eigenvalue weighted by molar-refractivity contribution is 7.98. The number of hydrogen-bond acceptors (Lipinski definition) is 3. The van der Waals surface area contributed by atoms with E-state index in [-0.39, 0.29) is 0 Å². The zero-order valence-corrected chi connectivity index (χ0v) is 13.1. The predicted octanol–water partition coefficient (Wildman–Crippen LogP) is 3.85. The molecule has 1 aromatic carbocycles. The molecule has 1 aromatic rings. The summed E-state index contributed by atoms with van der Waals surface area (Å²) < 4.78 is 5.22. The molecular formula is C16H27NOS. The van der Waals surface area contributed by atoms with E-state index in [0.717, 1.165) is 13.1 Å². The van der Waals surface area contributed by atoms with E-state index in [1.54, 1.807) is 7.11 Å². The molecule has 0 unspecified atom stereocenters. The fraction of sp³-hybridized carbons (Fsp3) is 0.625. The van der Waals surface area contributed by atoms with Crippen LogP contribution in [-0.4, -0.2) is 25.7 Å². The molecule has 0 amide bonds. The molecule has 1 rings (SSSR count). The summed E-state index contributed by atoms with van der Waals surface area (Å²) in [6.45, 7) is 2.76. The van der Waals surface area contributed by atoms with E-state index in [2.05, 4.69) is 35.8 Å². The number of benzene rings is 1. The maximum Gasteiger partial charge on any atom is 0.0716 e.